The van der Waals surface area contributed by atoms with Crippen LogP contribution in [0.25, 0.3) is 5.70 Å². The molecule has 3 heterocycles. The number of rotatable bonds is 7. The van der Waals surface area contributed by atoms with Crippen molar-refractivity contribution in [2.45, 2.75) is 37.7 Å². The highest BCUT2D eigenvalue weighted by molar-refractivity contribution is 5.68. The number of alkyl halides is 2. The van der Waals surface area contributed by atoms with E-state index in [0.29, 0.717) is 19.0 Å². The maximum atomic E-state index is 13.0. The Bertz CT molecular complexity index is 964. The van der Waals surface area contributed by atoms with E-state index in [1.165, 1.54) is 11.6 Å². The van der Waals surface area contributed by atoms with E-state index in [1.807, 2.05) is 24.3 Å². The van der Waals surface area contributed by atoms with E-state index in [4.69, 9.17) is 19.0 Å². The van der Waals surface area contributed by atoms with Gasteiger partial charge in [0.25, 0.3) is 0 Å². The highest BCUT2D eigenvalue weighted by Gasteiger charge is 2.39. The van der Waals surface area contributed by atoms with E-state index in [2.05, 4.69) is 22.5 Å². The molecular weight excluding hydrogens is 418 g/mol. The predicted molar refractivity (Wildman–Crippen MR) is 114 cm³/mol. The number of hydrogen-bond acceptors (Lipinski definition) is 6. The Balaban J connectivity index is 1.31. The lowest BCUT2D eigenvalue weighted by atomic mass is 10.0. The van der Waals surface area contributed by atoms with E-state index in [0.717, 1.165) is 43.7 Å². The van der Waals surface area contributed by atoms with Gasteiger partial charge in [-0.15, -0.1) is 0 Å². The van der Waals surface area contributed by atoms with Gasteiger partial charge < -0.3 is 14.2 Å². The molecule has 1 unspecified atom stereocenters. The monoisotopic (exact) mass is 444 g/mol. The fourth-order valence-corrected chi connectivity index (χ4v) is 4.40. The normalized spacial score (nSPS) is 25.3. The quantitative estimate of drug-likeness (QED) is 0.698. The van der Waals surface area contributed by atoms with Gasteiger partial charge in [0.1, 0.15) is 11.7 Å². The van der Waals surface area contributed by atoms with Crippen LogP contribution in [0.1, 0.15) is 24.0 Å². The maximum Gasteiger partial charge on any atom is 0.387 e. The average molecular weight is 444 g/mol. The van der Waals surface area contributed by atoms with Crippen LogP contribution in [-0.4, -0.2) is 49.5 Å². The van der Waals surface area contributed by atoms with E-state index in [-0.39, 0.29) is 11.9 Å². The molecule has 3 aliphatic rings. The van der Waals surface area contributed by atoms with Gasteiger partial charge in [-0.1, -0.05) is 30.3 Å². The molecule has 0 aromatic heterocycles. The van der Waals surface area contributed by atoms with Crippen molar-refractivity contribution >= 4 is 5.70 Å². The van der Waals surface area contributed by atoms with Gasteiger partial charge in [0, 0.05) is 38.2 Å². The number of ether oxygens (including phenoxy) is 3. The molecule has 0 radical (unpaired) electrons. The van der Waals surface area contributed by atoms with Crippen molar-refractivity contribution in [2.75, 3.05) is 26.3 Å². The standard InChI is InChI=1S/C24H26F2N2O4/c25-23(26)31-21-7-6-18(20-13-24(32-27-20)9-11-29-16-24)12-22(21)30-19-8-10-28(15-19)14-17-4-2-1-3-5-17/h1-7,12-13,19,23,27H,8-11,14-16H2/t19-,24?/m0/s1. The first-order chi connectivity index (χ1) is 15.6. The molecule has 170 valence electrons. The third-order valence-corrected chi connectivity index (χ3v) is 6.03. The Morgan fingerprint density at radius 1 is 1.16 bits per heavy atom. The fourth-order valence-electron chi connectivity index (χ4n) is 4.40. The number of nitrogens with zero attached hydrogens (tertiary/aromatic N) is 1. The second kappa shape index (κ2) is 9.05. The van der Waals surface area contributed by atoms with Gasteiger partial charge in [-0.2, -0.15) is 8.78 Å². The summed E-state index contributed by atoms with van der Waals surface area (Å²) < 4.78 is 42.3. The molecule has 3 aliphatic heterocycles. The van der Waals surface area contributed by atoms with Crippen molar-refractivity contribution in [3.8, 4) is 11.5 Å². The van der Waals surface area contributed by atoms with Crippen LogP contribution in [0.4, 0.5) is 8.78 Å². The van der Waals surface area contributed by atoms with Gasteiger partial charge in [0.2, 0.25) is 0 Å². The lowest BCUT2D eigenvalue weighted by molar-refractivity contribution is -0.0520. The molecule has 6 nitrogen and oxygen atoms in total. The summed E-state index contributed by atoms with van der Waals surface area (Å²) in [5, 5.41) is 0. The molecule has 2 saturated heterocycles. The second-order valence-corrected chi connectivity index (χ2v) is 8.42. The molecule has 32 heavy (non-hydrogen) atoms. The first-order valence-corrected chi connectivity index (χ1v) is 10.9. The van der Waals surface area contributed by atoms with Gasteiger partial charge in [-0.05, 0) is 36.3 Å². The van der Waals surface area contributed by atoms with Crippen molar-refractivity contribution in [1.82, 2.24) is 10.4 Å². The van der Waals surface area contributed by atoms with Crippen molar-refractivity contribution < 1.29 is 27.8 Å². The summed E-state index contributed by atoms with van der Waals surface area (Å²) in [6.07, 6.45) is 3.46. The van der Waals surface area contributed by atoms with Crippen LogP contribution >= 0.6 is 0 Å². The number of benzene rings is 2. The van der Waals surface area contributed by atoms with Crippen LogP contribution in [0.2, 0.25) is 0 Å². The average Bonchev–Trinajstić information content (AvgIpc) is 3.53. The zero-order chi connectivity index (χ0) is 22.0. The summed E-state index contributed by atoms with van der Waals surface area (Å²) in [6, 6.07) is 15.2. The number of halogens is 2. The molecule has 1 N–H and O–H groups in total. The highest BCUT2D eigenvalue weighted by atomic mass is 19.3. The van der Waals surface area contributed by atoms with E-state index in [9.17, 15) is 8.78 Å². The van der Waals surface area contributed by atoms with Crippen molar-refractivity contribution in [3.63, 3.8) is 0 Å². The minimum Gasteiger partial charge on any atom is -0.485 e. The summed E-state index contributed by atoms with van der Waals surface area (Å²) in [5.74, 6) is 0.337. The Labute approximate surface area is 185 Å². The summed E-state index contributed by atoms with van der Waals surface area (Å²) in [6.45, 7) is 0.637. The molecule has 0 aliphatic carbocycles. The van der Waals surface area contributed by atoms with Gasteiger partial charge in [-0.3, -0.25) is 15.2 Å². The molecule has 2 fully saturated rings. The van der Waals surface area contributed by atoms with E-state index < -0.39 is 12.2 Å². The SMILES string of the molecule is FC(F)Oc1ccc(C2=CC3(CCOC3)ON2)cc1O[C@H]1CCN(Cc2ccccc2)C1. The first-order valence-electron chi connectivity index (χ1n) is 10.9. The van der Waals surface area contributed by atoms with Crippen LogP contribution < -0.4 is 15.0 Å². The molecule has 2 aromatic rings. The number of nitrogens with one attached hydrogen (secondary N) is 1. The van der Waals surface area contributed by atoms with Crippen LogP contribution in [0.5, 0.6) is 11.5 Å². The molecule has 5 rings (SSSR count). The molecule has 2 aromatic carbocycles. The zero-order valence-corrected chi connectivity index (χ0v) is 17.6. The topological polar surface area (TPSA) is 52.2 Å². The number of likely N-dealkylation sites (tertiary alicyclic amines) is 1. The van der Waals surface area contributed by atoms with Gasteiger partial charge in [-0.25, -0.2) is 0 Å². The van der Waals surface area contributed by atoms with Crippen molar-refractivity contribution in [2.24, 2.45) is 0 Å². The smallest absolute Gasteiger partial charge is 0.387 e. The van der Waals surface area contributed by atoms with E-state index >= 15 is 0 Å². The Morgan fingerprint density at radius 2 is 2.03 bits per heavy atom. The van der Waals surface area contributed by atoms with Crippen LogP contribution in [-0.2, 0) is 16.1 Å². The van der Waals surface area contributed by atoms with E-state index in [1.54, 1.807) is 12.1 Å². The molecule has 8 heteroatoms. The Kier molecular flexibility index (Phi) is 5.99. The Morgan fingerprint density at radius 3 is 2.81 bits per heavy atom. The summed E-state index contributed by atoms with van der Waals surface area (Å²) >= 11 is 0. The molecular formula is C24H26F2N2O4. The minimum atomic E-state index is -2.92. The molecule has 0 bridgehead atoms. The van der Waals surface area contributed by atoms with Crippen LogP contribution in [0.15, 0.2) is 54.6 Å². The second-order valence-electron chi connectivity index (χ2n) is 8.42. The number of hydroxylamine groups is 1. The lowest BCUT2D eigenvalue weighted by Gasteiger charge is -2.19. The maximum absolute atomic E-state index is 13.0. The van der Waals surface area contributed by atoms with Crippen LogP contribution in [0, 0.1) is 0 Å². The summed E-state index contributed by atoms with van der Waals surface area (Å²) in [7, 11) is 0. The first kappa shape index (κ1) is 21.2. The molecule has 2 atom stereocenters. The largest absolute Gasteiger partial charge is 0.485 e. The summed E-state index contributed by atoms with van der Waals surface area (Å²) in [5.41, 5.74) is 5.26. The third kappa shape index (κ3) is 4.72. The summed E-state index contributed by atoms with van der Waals surface area (Å²) in [4.78, 5) is 8.04. The Hall–Kier alpha value is -2.68. The van der Waals surface area contributed by atoms with Gasteiger partial charge in [0.05, 0.1) is 12.3 Å². The number of hydrogen-bond donors (Lipinski definition) is 1. The third-order valence-electron chi connectivity index (χ3n) is 6.03. The molecule has 0 saturated carbocycles. The van der Waals surface area contributed by atoms with Crippen molar-refractivity contribution in [3.05, 3.63) is 65.7 Å². The highest BCUT2D eigenvalue weighted by Crippen LogP contribution is 2.37. The van der Waals surface area contributed by atoms with Crippen molar-refractivity contribution in [1.29, 1.82) is 0 Å². The lowest BCUT2D eigenvalue weighted by Crippen LogP contribution is -2.29. The van der Waals surface area contributed by atoms with Gasteiger partial charge in [0.15, 0.2) is 11.5 Å². The minimum absolute atomic E-state index is 0.0312. The molecule has 1 spiro atoms. The zero-order valence-electron chi connectivity index (χ0n) is 17.6. The molecule has 0 amide bonds. The van der Waals surface area contributed by atoms with Crippen LogP contribution in [0.3, 0.4) is 0 Å². The van der Waals surface area contributed by atoms with Gasteiger partial charge >= 0.3 is 6.61 Å². The fraction of sp³-hybridized carbons (Fsp3) is 0.417. The predicted octanol–water partition coefficient (Wildman–Crippen LogP) is 3.98.